The predicted molar refractivity (Wildman–Crippen MR) is 40.2 cm³/mol. The second-order valence-electron chi connectivity index (χ2n) is 3.00. The van der Waals surface area contributed by atoms with Crippen molar-refractivity contribution in [2.45, 2.75) is 39.1 Å². The monoisotopic (exact) mass is 158 g/mol. The fraction of sp³-hybridized carbons (Fsp3) is 0.875. The SMILES string of the molecule is CC(C)OC1CCC(=O)CO1. The Kier molecular flexibility index (Phi) is 3.02. The van der Waals surface area contributed by atoms with Gasteiger partial charge in [-0.2, -0.15) is 0 Å². The van der Waals surface area contributed by atoms with Gasteiger partial charge in [0.15, 0.2) is 12.1 Å². The number of hydrogen-bond donors (Lipinski definition) is 0. The molecule has 0 saturated carbocycles. The molecular weight excluding hydrogens is 144 g/mol. The van der Waals surface area contributed by atoms with Crippen LogP contribution < -0.4 is 0 Å². The second kappa shape index (κ2) is 3.83. The molecule has 1 atom stereocenters. The molecule has 1 aliphatic heterocycles. The fourth-order valence-electron chi connectivity index (χ4n) is 1.03. The summed E-state index contributed by atoms with van der Waals surface area (Å²) in [5.74, 6) is 0.175. The Bertz CT molecular complexity index is 132. The Morgan fingerprint density at radius 1 is 1.64 bits per heavy atom. The van der Waals surface area contributed by atoms with E-state index in [4.69, 9.17) is 9.47 Å². The molecular formula is C8H14O3. The van der Waals surface area contributed by atoms with Gasteiger partial charge in [-0.15, -0.1) is 0 Å². The third-order valence-corrected chi connectivity index (χ3v) is 1.51. The summed E-state index contributed by atoms with van der Waals surface area (Å²) in [5.41, 5.74) is 0. The molecule has 0 aromatic rings. The third kappa shape index (κ3) is 2.99. The van der Waals surface area contributed by atoms with Crippen molar-refractivity contribution >= 4 is 5.78 Å². The van der Waals surface area contributed by atoms with Crippen LogP contribution in [0, 0.1) is 0 Å². The van der Waals surface area contributed by atoms with Crippen LogP contribution >= 0.6 is 0 Å². The van der Waals surface area contributed by atoms with Gasteiger partial charge in [-0.25, -0.2) is 0 Å². The van der Waals surface area contributed by atoms with Crippen LogP contribution in [0.5, 0.6) is 0 Å². The van der Waals surface area contributed by atoms with Crippen molar-refractivity contribution in [3.63, 3.8) is 0 Å². The summed E-state index contributed by atoms with van der Waals surface area (Å²) >= 11 is 0. The summed E-state index contributed by atoms with van der Waals surface area (Å²) < 4.78 is 10.5. The number of hydrogen-bond acceptors (Lipinski definition) is 3. The van der Waals surface area contributed by atoms with Crippen molar-refractivity contribution in [1.29, 1.82) is 0 Å². The van der Waals surface area contributed by atoms with E-state index in [1.54, 1.807) is 0 Å². The Balaban J connectivity index is 2.22. The minimum Gasteiger partial charge on any atom is -0.350 e. The van der Waals surface area contributed by atoms with Crippen LogP contribution in [0.1, 0.15) is 26.7 Å². The van der Waals surface area contributed by atoms with E-state index in [-0.39, 0.29) is 24.8 Å². The molecule has 1 saturated heterocycles. The van der Waals surface area contributed by atoms with E-state index >= 15 is 0 Å². The van der Waals surface area contributed by atoms with Gasteiger partial charge in [-0.3, -0.25) is 4.79 Å². The van der Waals surface area contributed by atoms with E-state index in [0.717, 1.165) is 0 Å². The highest BCUT2D eigenvalue weighted by molar-refractivity contribution is 5.80. The number of carbonyl (C=O) groups excluding carboxylic acids is 1. The molecule has 0 aromatic carbocycles. The average molecular weight is 158 g/mol. The van der Waals surface area contributed by atoms with E-state index in [9.17, 15) is 4.79 Å². The van der Waals surface area contributed by atoms with Crippen molar-refractivity contribution in [2.24, 2.45) is 0 Å². The molecule has 0 radical (unpaired) electrons. The molecule has 1 aliphatic rings. The minimum absolute atomic E-state index is 0.160. The molecule has 0 N–H and O–H groups in total. The number of carbonyl (C=O) groups is 1. The zero-order valence-electron chi connectivity index (χ0n) is 7.00. The molecule has 0 bridgehead atoms. The molecule has 11 heavy (non-hydrogen) atoms. The van der Waals surface area contributed by atoms with E-state index in [1.165, 1.54) is 0 Å². The van der Waals surface area contributed by atoms with Gasteiger partial charge in [-0.05, 0) is 13.8 Å². The van der Waals surface area contributed by atoms with Crippen LogP contribution in [0.3, 0.4) is 0 Å². The molecule has 3 nitrogen and oxygen atoms in total. The quantitative estimate of drug-likeness (QED) is 0.604. The molecule has 64 valence electrons. The standard InChI is InChI=1S/C8H14O3/c1-6(2)11-8-4-3-7(9)5-10-8/h6,8H,3-5H2,1-2H3. The number of rotatable bonds is 2. The molecule has 1 fully saturated rings. The second-order valence-corrected chi connectivity index (χ2v) is 3.00. The molecule has 0 amide bonds. The van der Waals surface area contributed by atoms with E-state index in [0.29, 0.717) is 12.8 Å². The van der Waals surface area contributed by atoms with Gasteiger partial charge in [0.2, 0.25) is 0 Å². The zero-order valence-corrected chi connectivity index (χ0v) is 7.00. The molecule has 0 aliphatic carbocycles. The predicted octanol–water partition coefficient (Wildman–Crippen LogP) is 1.12. The number of Topliss-reactive ketones (excluding diaryl/α,β-unsaturated/α-hetero) is 1. The molecule has 3 heteroatoms. The highest BCUT2D eigenvalue weighted by Gasteiger charge is 2.19. The van der Waals surface area contributed by atoms with Gasteiger partial charge < -0.3 is 9.47 Å². The summed E-state index contributed by atoms with van der Waals surface area (Å²) in [4.78, 5) is 10.7. The lowest BCUT2D eigenvalue weighted by Gasteiger charge is -2.23. The van der Waals surface area contributed by atoms with Crippen LogP contribution in [0.25, 0.3) is 0 Å². The van der Waals surface area contributed by atoms with Crippen LogP contribution in [0.15, 0.2) is 0 Å². The van der Waals surface area contributed by atoms with Crippen molar-refractivity contribution in [1.82, 2.24) is 0 Å². The largest absolute Gasteiger partial charge is 0.350 e. The minimum atomic E-state index is -0.160. The van der Waals surface area contributed by atoms with Gasteiger partial charge in [0.1, 0.15) is 6.61 Å². The first-order valence-electron chi connectivity index (χ1n) is 3.97. The first kappa shape index (κ1) is 8.68. The normalized spacial score (nSPS) is 26.1. The first-order chi connectivity index (χ1) is 5.18. The molecule has 1 rings (SSSR count). The summed E-state index contributed by atoms with van der Waals surface area (Å²) in [5, 5.41) is 0. The Labute approximate surface area is 66.7 Å². The molecule has 1 unspecified atom stereocenters. The molecule has 1 heterocycles. The maximum Gasteiger partial charge on any atom is 0.158 e. The van der Waals surface area contributed by atoms with Crippen LogP contribution in [-0.4, -0.2) is 24.8 Å². The maximum absolute atomic E-state index is 10.7. The topological polar surface area (TPSA) is 35.5 Å². The van der Waals surface area contributed by atoms with Gasteiger partial charge in [0.05, 0.1) is 6.10 Å². The smallest absolute Gasteiger partial charge is 0.158 e. The fourth-order valence-corrected chi connectivity index (χ4v) is 1.03. The van der Waals surface area contributed by atoms with Gasteiger partial charge >= 0.3 is 0 Å². The van der Waals surface area contributed by atoms with Crippen molar-refractivity contribution in [3.8, 4) is 0 Å². The summed E-state index contributed by atoms with van der Waals surface area (Å²) in [6.07, 6.45) is 1.31. The van der Waals surface area contributed by atoms with E-state index < -0.39 is 0 Å². The van der Waals surface area contributed by atoms with Gasteiger partial charge in [0.25, 0.3) is 0 Å². The Hall–Kier alpha value is -0.410. The lowest BCUT2D eigenvalue weighted by molar-refractivity contribution is -0.185. The third-order valence-electron chi connectivity index (χ3n) is 1.51. The summed E-state index contributed by atoms with van der Waals surface area (Å²) in [6.45, 7) is 4.14. The highest BCUT2D eigenvalue weighted by atomic mass is 16.7. The zero-order chi connectivity index (χ0) is 8.27. The maximum atomic E-state index is 10.7. The van der Waals surface area contributed by atoms with E-state index in [1.807, 2.05) is 13.8 Å². The van der Waals surface area contributed by atoms with Crippen LogP contribution in [-0.2, 0) is 14.3 Å². The van der Waals surface area contributed by atoms with Gasteiger partial charge in [0, 0.05) is 12.8 Å². The Morgan fingerprint density at radius 2 is 2.36 bits per heavy atom. The lowest BCUT2D eigenvalue weighted by atomic mass is 10.2. The highest BCUT2D eigenvalue weighted by Crippen LogP contribution is 2.12. The Morgan fingerprint density at radius 3 is 2.82 bits per heavy atom. The number of ketones is 1. The lowest BCUT2D eigenvalue weighted by Crippen LogP contribution is -2.29. The summed E-state index contributed by atoms with van der Waals surface area (Å²) in [7, 11) is 0. The number of ether oxygens (including phenoxy) is 2. The first-order valence-corrected chi connectivity index (χ1v) is 3.97. The van der Waals surface area contributed by atoms with E-state index in [2.05, 4.69) is 0 Å². The molecule has 0 spiro atoms. The van der Waals surface area contributed by atoms with Crippen molar-refractivity contribution in [3.05, 3.63) is 0 Å². The van der Waals surface area contributed by atoms with Crippen molar-refractivity contribution < 1.29 is 14.3 Å². The van der Waals surface area contributed by atoms with Gasteiger partial charge in [-0.1, -0.05) is 0 Å². The summed E-state index contributed by atoms with van der Waals surface area (Å²) in [6, 6.07) is 0. The average Bonchev–Trinajstić information content (AvgIpc) is 1.93. The van der Waals surface area contributed by atoms with Crippen LogP contribution in [0.4, 0.5) is 0 Å². The van der Waals surface area contributed by atoms with Crippen LogP contribution in [0.2, 0.25) is 0 Å². The van der Waals surface area contributed by atoms with Crippen molar-refractivity contribution in [2.75, 3.05) is 6.61 Å². The molecule has 0 aromatic heterocycles.